The van der Waals surface area contributed by atoms with Gasteiger partial charge in [-0.1, -0.05) is 131 Å². The second-order valence-corrected chi connectivity index (χ2v) is 15.9. The van der Waals surface area contributed by atoms with Crippen LogP contribution in [0.1, 0.15) is 139 Å². The summed E-state index contributed by atoms with van der Waals surface area (Å²) in [6.07, 6.45) is 0. The summed E-state index contributed by atoms with van der Waals surface area (Å²) in [5.74, 6) is 0.369. The van der Waals surface area contributed by atoms with Crippen molar-refractivity contribution >= 4 is 0 Å². The molecule has 0 spiro atoms. The van der Waals surface area contributed by atoms with Crippen molar-refractivity contribution in [3.63, 3.8) is 0 Å². The Hall–Kier alpha value is -2.94. The highest BCUT2D eigenvalue weighted by Gasteiger charge is 2.34. The average Bonchev–Trinajstić information content (AvgIpc) is 2.75. The Balaban J connectivity index is 2.61. The first-order valence-corrected chi connectivity index (χ1v) is 14.5. The van der Waals surface area contributed by atoms with Crippen LogP contribution in [0.15, 0.2) is 36.4 Å². The molecule has 0 amide bonds. The van der Waals surface area contributed by atoms with Gasteiger partial charge >= 0.3 is 0 Å². The number of benzene rings is 3. The SMILES string of the molecule is Cc1cc(C(c2cc(C(C)(C)C)c(O)c(C(C)(C)C)c2)c2cc(C)cc(C(C)(C)C)c2O)c(O)c(C(C)(C)C)c1. The molecule has 0 radical (unpaired) electrons. The molecule has 0 atom stereocenters. The fourth-order valence-electron chi connectivity index (χ4n) is 5.69. The molecule has 3 nitrogen and oxygen atoms in total. The van der Waals surface area contributed by atoms with Gasteiger partial charge in [0, 0.05) is 17.0 Å². The van der Waals surface area contributed by atoms with Crippen LogP contribution in [0.5, 0.6) is 17.2 Å². The molecule has 0 aliphatic rings. The molecule has 0 saturated carbocycles. The molecule has 0 saturated heterocycles. The molecule has 0 fully saturated rings. The van der Waals surface area contributed by atoms with Crippen LogP contribution in [0.25, 0.3) is 0 Å². The number of phenols is 3. The standard InChI is InChI=1S/C37H52O3/c1-21-15-24(31(38)26(17-21)34(3,4)5)30(25-16-22(2)18-27(32(25)39)35(6,7)8)23-19-28(36(9,10)11)33(40)29(20-23)37(12,13)14/h15-20,30,38-40H,1-14H3. The third-order valence-corrected chi connectivity index (χ3v) is 7.89. The Morgan fingerprint density at radius 3 is 0.975 bits per heavy atom. The molecule has 40 heavy (non-hydrogen) atoms. The smallest absolute Gasteiger partial charge is 0.123 e. The zero-order valence-electron chi connectivity index (χ0n) is 27.4. The van der Waals surface area contributed by atoms with Crippen LogP contribution in [-0.2, 0) is 21.7 Å². The molecule has 3 rings (SSSR count). The minimum Gasteiger partial charge on any atom is -0.507 e. The van der Waals surface area contributed by atoms with E-state index in [2.05, 4.69) is 121 Å². The summed E-state index contributed by atoms with van der Waals surface area (Å²) in [6, 6.07) is 12.4. The number of aryl methyl sites for hydroxylation is 2. The zero-order chi connectivity index (χ0) is 30.7. The van der Waals surface area contributed by atoms with Crippen LogP contribution in [0.2, 0.25) is 0 Å². The summed E-state index contributed by atoms with van der Waals surface area (Å²) in [7, 11) is 0. The fraction of sp³-hybridized carbons (Fsp3) is 0.514. The number of hydrogen-bond donors (Lipinski definition) is 3. The number of hydrogen-bond acceptors (Lipinski definition) is 3. The van der Waals surface area contributed by atoms with Crippen molar-refractivity contribution in [3.8, 4) is 17.2 Å². The van der Waals surface area contributed by atoms with E-state index in [1.165, 1.54) is 0 Å². The van der Waals surface area contributed by atoms with Gasteiger partial charge in [0.25, 0.3) is 0 Å². The largest absolute Gasteiger partial charge is 0.507 e. The maximum Gasteiger partial charge on any atom is 0.123 e. The molecule has 0 unspecified atom stereocenters. The maximum atomic E-state index is 11.9. The van der Waals surface area contributed by atoms with E-state index in [9.17, 15) is 15.3 Å². The van der Waals surface area contributed by atoms with Gasteiger partial charge in [0.1, 0.15) is 17.2 Å². The van der Waals surface area contributed by atoms with E-state index in [1.807, 2.05) is 12.1 Å². The highest BCUT2D eigenvalue weighted by Crippen LogP contribution is 2.50. The first-order chi connectivity index (χ1) is 17.9. The van der Waals surface area contributed by atoms with Gasteiger partial charge in [0.2, 0.25) is 0 Å². The van der Waals surface area contributed by atoms with Crippen molar-refractivity contribution < 1.29 is 15.3 Å². The van der Waals surface area contributed by atoms with Gasteiger partial charge < -0.3 is 15.3 Å². The van der Waals surface area contributed by atoms with Crippen molar-refractivity contribution in [2.45, 2.75) is 125 Å². The van der Waals surface area contributed by atoms with Crippen molar-refractivity contribution in [1.29, 1.82) is 0 Å². The molecular weight excluding hydrogens is 492 g/mol. The van der Waals surface area contributed by atoms with E-state index >= 15 is 0 Å². The summed E-state index contributed by atoms with van der Waals surface area (Å²) >= 11 is 0. The number of phenolic OH excluding ortho intramolecular Hbond substituents is 3. The Labute approximate surface area is 243 Å². The van der Waals surface area contributed by atoms with Gasteiger partial charge in [-0.05, 0) is 63.3 Å². The van der Waals surface area contributed by atoms with E-state index < -0.39 is 5.92 Å². The monoisotopic (exact) mass is 544 g/mol. The highest BCUT2D eigenvalue weighted by atomic mass is 16.3. The Bertz CT molecular complexity index is 1310. The minimum absolute atomic E-state index is 0.254. The fourth-order valence-corrected chi connectivity index (χ4v) is 5.69. The van der Waals surface area contributed by atoms with Gasteiger partial charge in [-0.15, -0.1) is 0 Å². The molecule has 0 aliphatic heterocycles. The summed E-state index contributed by atoms with van der Waals surface area (Å²) in [5.41, 5.74) is 6.84. The Morgan fingerprint density at radius 2 is 0.700 bits per heavy atom. The summed E-state index contributed by atoms with van der Waals surface area (Å²) in [6.45, 7) is 29.4. The van der Waals surface area contributed by atoms with Gasteiger partial charge in [-0.2, -0.15) is 0 Å². The Kier molecular flexibility index (Phi) is 8.02. The van der Waals surface area contributed by atoms with Crippen molar-refractivity contribution in [3.05, 3.63) is 86.5 Å². The average molecular weight is 545 g/mol. The maximum absolute atomic E-state index is 11.9. The lowest BCUT2D eigenvalue weighted by Gasteiger charge is -2.32. The second kappa shape index (κ2) is 10.2. The minimum atomic E-state index is -0.454. The normalized spacial score (nSPS) is 13.3. The molecule has 0 aliphatic carbocycles. The van der Waals surface area contributed by atoms with Crippen LogP contribution in [0, 0.1) is 13.8 Å². The Morgan fingerprint density at radius 1 is 0.425 bits per heavy atom. The van der Waals surface area contributed by atoms with E-state index in [4.69, 9.17) is 0 Å². The first kappa shape index (κ1) is 31.6. The lowest BCUT2D eigenvalue weighted by Crippen LogP contribution is -2.20. The third kappa shape index (κ3) is 6.19. The van der Waals surface area contributed by atoms with Gasteiger partial charge in [-0.25, -0.2) is 0 Å². The van der Waals surface area contributed by atoms with Crippen molar-refractivity contribution in [2.24, 2.45) is 0 Å². The van der Waals surface area contributed by atoms with Crippen molar-refractivity contribution in [1.82, 2.24) is 0 Å². The van der Waals surface area contributed by atoms with Crippen molar-refractivity contribution in [2.75, 3.05) is 0 Å². The lowest BCUT2D eigenvalue weighted by atomic mass is 9.73. The van der Waals surface area contributed by atoms with Crippen LogP contribution in [0.3, 0.4) is 0 Å². The molecule has 0 bridgehead atoms. The highest BCUT2D eigenvalue weighted by molar-refractivity contribution is 5.62. The zero-order valence-corrected chi connectivity index (χ0v) is 27.4. The van der Waals surface area contributed by atoms with E-state index in [-0.39, 0.29) is 33.2 Å². The third-order valence-electron chi connectivity index (χ3n) is 7.89. The molecule has 0 aromatic heterocycles. The molecule has 3 heteroatoms. The summed E-state index contributed by atoms with van der Waals surface area (Å²) < 4.78 is 0. The first-order valence-electron chi connectivity index (χ1n) is 14.5. The molecule has 0 heterocycles. The van der Waals surface area contributed by atoms with E-state index in [0.29, 0.717) is 5.75 Å². The molecule has 3 aromatic carbocycles. The number of aromatic hydroxyl groups is 3. The summed E-state index contributed by atoms with van der Waals surface area (Å²) in [5, 5.41) is 35.3. The van der Waals surface area contributed by atoms with Gasteiger partial charge in [0.15, 0.2) is 0 Å². The molecule has 3 aromatic rings. The quantitative estimate of drug-likeness (QED) is 0.288. The van der Waals surface area contributed by atoms with Gasteiger partial charge in [0.05, 0.1) is 0 Å². The topological polar surface area (TPSA) is 60.7 Å². The van der Waals surface area contributed by atoms with Crippen LogP contribution in [0.4, 0.5) is 0 Å². The lowest BCUT2D eigenvalue weighted by molar-refractivity contribution is 0.422. The van der Waals surface area contributed by atoms with E-state index in [1.54, 1.807) is 0 Å². The van der Waals surface area contributed by atoms with Crippen LogP contribution in [-0.4, -0.2) is 15.3 Å². The van der Waals surface area contributed by atoms with Gasteiger partial charge in [-0.3, -0.25) is 0 Å². The second-order valence-electron chi connectivity index (χ2n) is 15.9. The van der Waals surface area contributed by atoms with Crippen LogP contribution >= 0.6 is 0 Å². The van der Waals surface area contributed by atoms with Crippen LogP contribution < -0.4 is 0 Å². The molecular formula is C37H52O3. The van der Waals surface area contributed by atoms with E-state index in [0.717, 1.165) is 50.1 Å². The molecule has 3 N–H and O–H groups in total. The summed E-state index contributed by atoms with van der Waals surface area (Å²) in [4.78, 5) is 0. The predicted molar refractivity (Wildman–Crippen MR) is 170 cm³/mol. The predicted octanol–water partition coefficient (Wildman–Crippen LogP) is 9.79. The number of rotatable bonds is 3. The molecule has 218 valence electrons.